The molecule has 1 atom stereocenters. The number of anilines is 1. The molecule has 3 aromatic rings. The summed E-state index contributed by atoms with van der Waals surface area (Å²) in [6.07, 6.45) is 0. The Balaban J connectivity index is 1.86. The summed E-state index contributed by atoms with van der Waals surface area (Å²) in [5.41, 5.74) is 0.969. The molecule has 0 saturated carbocycles. The lowest BCUT2D eigenvalue weighted by Crippen LogP contribution is -2.06. The molecule has 0 fully saturated rings. The second kappa shape index (κ2) is 5.69. The normalized spacial score (nSPS) is 12.6. The highest BCUT2D eigenvalue weighted by Gasteiger charge is 2.11. The molecule has 0 radical (unpaired) electrons. The van der Waals surface area contributed by atoms with E-state index in [-0.39, 0.29) is 11.9 Å². The molecule has 1 aromatic heterocycles. The third kappa shape index (κ3) is 2.81. The minimum atomic E-state index is -0.200. The van der Waals surface area contributed by atoms with E-state index >= 15 is 0 Å². The van der Waals surface area contributed by atoms with Crippen LogP contribution in [0.15, 0.2) is 48.5 Å². The summed E-state index contributed by atoms with van der Waals surface area (Å²) in [6.45, 7) is 2.13. The number of hydrogen-bond donors (Lipinski definition) is 1. The molecule has 3 rings (SSSR count). The average Bonchev–Trinajstić information content (AvgIpc) is 2.86. The monoisotopic (exact) mass is 397 g/mol. The second-order valence-electron chi connectivity index (χ2n) is 4.68. The Morgan fingerprint density at radius 2 is 1.95 bits per heavy atom. The van der Waals surface area contributed by atoms with Crippen molar-refractivity contribution < 1.29 is 4.39 Å². The van der Waals surface area contributed by atoms with Crippen LogP contribution in [-0.4, -0.2) is 0 Å². The van der Waals surface area contributed by atoms with Gasteiger partial charge in [-0.15, -0.1) is 11.3 Å². The van der Waals surface area contributed by atoms with Gasteiger partial charge in [-0.3, -0.25) is 0 Å². The number of nitrogens with one attached hydrogen (secondary N) is 1. The van der Waals surface area contributed by atoms with Crippen LogP contribution in [0.4, 0.5) is 10.1 Å². The summed E-state index contributed by atoms with van der Waals surface area (Å²) in [5.74, 6) is -0.200. The first-order valence-corrected chi connectivity index (χ1v) is 8.23. The minimum absolute atomic E-state index is 0.200. The molecule has 0 saturated heterocycles. The molecule has 1 unspecified atom stereocenters. The van der Waals surface area contributed by atoms with Gasteiger partial charge in [-0.25, -0.2) is 4.39 Å². The van der Waals surface area contributed by atoms with Gasteiger partial charge in [-0.1, -0.05) is 18.2 Å². The maximum Gasteiger partial charge on any atom is 0.124 e. The topological polar surface area (TPSA) is 12.0 Å². The molecule has 0 bridgehead atoms. The third-order valence-corrected chi connectivity index (χ3v) is 5.37. The molecule has 102 valence electrons. The van der Waals surface area contributed by atoms with Gasteiger partial charge in [0.2, 0.25) is 0 Å². The Kier molecular flexibility index (Phi) is 3.94. The van der Waals surface area contributed by atoms with E-state index in [4.69, 9.17) is 0 Å². The van der Waals surface area contributed by atoms with E-state index in [1.807, 2.05) is 0 Å². The van der Waals surface area contributed by atoms with Gasteiger partial charge in [0, 0.05) is 18.8 Å². The SMILES string of the molecule is CC(Nc1ccc(F)cc1I)c1cc2ccccc2s1. The van der Waals surface area contributed by atoms with Crippen LogP contribution in [0.5, 0.6) is 0 Å². The van der Waals surface area contributed by atoms with Gasteiger partial charge in [0.25, 0.3) is 0 Å². The number of benzene rings is 2. The molecule has 1 N–H and O–H groups in total. The molecule has 2 aromatic carbocycles. The third-order valence-electron chi connectivity index (χ3n) is 3.17. The highest BCUT2D eigenvalue weighted by atomic mass is 127. The molecule has 4 heteroatoms. The van der Waals surface area contributed by atoms with Crippen molar-refractivity contribution in [1.82, 2.24) is 0 Å². The summed E-state index contributed by atoms with van der Waals surface area (Å²) in [4.78, 5) is 1.28. The van der Waals surface area contributed by atoms with E-state index in [0.29, 0.717) is 0 Å². The lowest BCUT2D eigenvalue weighted by Gasteiger charge is -2.15. The molecule has 20 heavy (non-hydrogen) atoms. The smallest absolute Gasteiger partial charge is 0.124 e. The first-order valence-electron chi connectivity index (χ1n) is 6.33. The van der Waals surface area contributed by atoms with Crippen LogP contribution in [0.2, 0.25) is 0 Å². The number of thiophene rings is 1. The van der Waals surface area contributed by atoms with E-state index in [9.17, 15) is 4.39 Å². The van der Waals surface area contributed by atoms with Crippen molar-refractivity contribution in [3.63, 3.8) is 0 Å². The number of fused-ring (bicyclic) bond motifs is 1. The Morgan fingerprint density at radius 3 is 2.70 bits per heavy atom. The number of halogens is 2. The van der Waals surface area contributed by atoms with Crippen LogP contribution in [0, 0.1) is 9.39 Å². The largest absolute Gasteiger partial charge is 0.377 e. The average molecular weight is 397 g/mol. The van der Waals surface area contributed by atoms with Crippen molar-refractivity contribution in [3.8, 4) is 0 Å². The molecule has 1 nitrogen and oxygen atoms in total. The van der Waals surface area contributed by atoms with Gasteiger partial charge in [-0.05, 0) is 65.2 Å². The molecule has 0 amide bonds. The fourth-order valence-corrected chi connectivity index (χ4v) is 3.83. The van der Waals surface area contributed by atoms with Crippen LogP contribution in [0.1, 0.15) is 17.8 Å². The van der Waals surface area contributed by atoms with E-state index < -0.39 is 0 Å². The van der Waals surface area contributed by atoms with Crippen molar-refractivity contribution in [3.05, 3.63) is 62.8 Å². The fourth-order valence-electron chi connectivity index (χ4n) is 2.13. The van der Waals surface area contributed by atoms with Gasteiger partial charge >= 0.3 is 0 Å². The summed E-state index contributed by atoms with van der Waals surface area (Å²) < 4.78 is 15.3. The van der Waals surface area contributed by atoms with Crippen LogP contribution in [-0.2, 0) is 0 Å². The first kappa shape index (κ1) is 13.8. The van der Waals surface area contributed by atoms with Crippen LogP contribution in [0.25, 0.3) is 10.1 Å². The summed E-state index contributed by atoms with van der Waals surface area (Å²) in [6, 6.07) is 15.6. The van der Waals surface area contributed by atoms with E-state index in [1.165, 1.54) is 21.0 Å². The van der Waals surface area contributed by atoms with Crippen LogP contribution in [0.3, 0.4) is 0 Å². The molecule has 0 aliphatic carbocycles. The highest BCUT2D eigenvalue weighted by Crippen LogP contribution is 2.32. The Hall–Kier alpha value is -1.14. The van der Waals surface area contributed by atoms with Gasteiger partial charge < -0.3 is 5.32 Å². The van der Waals surface area contributed by atoms with Gasteiger partial charge in [0.05, 0.1) is 6.04 Å². The Labute approximate surface area is 135 Å². The predicted octanol–water partition coefficient (Wildman–Crippen LogP) is 5.82. The maximum atomic E-state index is 13.1. The zero-order valence-corrected chi connectivity index (χ0v) is 13.8. The Bertz CT molecular complexity index is 720. The number of rotatable bonds is 3. The van der Waals surface area contributed by atoms with E-state index in [0.717, 1.165) is 9.26 Å². The second-order valence-corrected chi connectivity index (χ2v) is 6.95. The molecule has 1 heterocycles. The summed E-state index contributed by atoms with van der Waals surface area (Å²) >= 11 is 3.95. The maximum absolute atomic E-state index is 13.1. The summed E-state index contributed by atoms with van der Waals surface area (Å²) in [5, 5.41) is 4.72. The highest BCUT2D eigenvalue weighted by molar-refractivity contribution is 14.1. The van der Waals surface area contributed by atoms with Gasteiger partial charge in [-0.2, -0.15) is 0 Å². The molecule has 0 aliphatic rings. The lowest BCUT2D eigenvalue weighted by atomic mass is 10.2. The summed E-state index contributed by atoms with van der Waals surface area (Å²) in [7, 11) is 0. The van der Waals surface area contributed by atoms with E-state index in [2.05, 4.69) is 65.2 Å². The van der Waals surface area contributed by atoms with Crippen molar-refractivity contribution in [2.24, 2.45) is 0 Å². The lowest BCUT2D eigenvalue weighted by molar-refractivity contribution is 0.627. The zero-order chi connectivity index (χ0) is 14.1. The quantitative estimate of drug-likeness (QED) is 0.550. The Morgan fingerprint density at radius 1 is 1.15 bits per heavy atom. The molecule has 0 aliphatic heterocycles. The standard InChI is InChI=1S/C16H13FINS/c1-10(19-14-7-6-12(17)9-13(14)18)16-8-11-4-2-3-5-15(11)20-16/h2-10,19H,1H3. The minimum Gasteiger partial charge on any atom is -0.377 e. The molecular formula is C16H13FINS. The van der Waals surface area contributed by atoms with Crippen LogP contribution >= 0.6 is 33.9 Å². The van der Waals surface area contributed by atoms with Gasteiger partial charge in [0.15, 0.2) is 0 Å². The van der Waals surface area contributed by atoms with Crippen molar-refractivity contribution >= 4 is 49.7 Å². The molecule has 0 spiro atoms. The fraction of sp³-hybridized carbons (Fsp3) is 0.125. The molecular weight excluding hydrogens is 384 g/mol. The first-order chi connectivity index (χ1) is 9.63. The van der Waals surface area contributed by atoms with Gasteiger partial charge in [0.1, 0.15) is 5.82 Å². The van der Waals surface area contributed by atoms with Crippen LogP contribution < -0.4 is 5.32 Å². The zero-order valence-electron chi connectivity index (χ0n) is 10.9. The predicted molar refractivity (Wildman–Crippen MR) is 93.0 cm³/mol. The van der Waals surface area contributed by atoms with Crippen molar-refractivity contribution in [1.29, 1.82) is 0 Å². The van der Waals surface area contributed by atoms with Crippen molar-refractivity contribution in [2.45, 2.75) is 13.0 Å². The van der Waals surface area contributed by atoms with E-state index in [1.54, 1.807) is 23.5 Å². The number of hydrogen-bond acceptors (Lipinski definition) is 2. The van der Waals surface area contributed by atoms with Crippen molar-refractivity contribution in [2.75, 3.05) is 5.32 Å².